The molecule has 17 heavy (non-hydrogen) atoms. The van der Waals surface area contributed by atoms with Gasteiger partial charge in [0, 0.05) is 0 Å². The summed E-state index contributed by atoms with van der Waals surface area (Å²) >= 11 is 0. The predicted octanol–water partition coefficient (Wildman–Crippen LogP) is 0.552. The lowest BCUT2D eigenvalue weighted by atomic mass is 10.1. The molecule has 0 radical (unpaired) electrons. The van der Waals surface area contributed by atoms with Crippen LogP contribution in [0, 0.1) is 0 Å². The molecule has 2 atom stereocenters. The normalized spacial score (nSPS) is 13.0. The Morgan fingerprint density at radius 1 is 1.24 bits per heavy atom. The van der Waals surface area contributed by atoms with Crippen LogP contribution in [-0.2, 0) is 14.3 Å². The topological polar surface area (TPSA) is 104 Å². The second-order valence-electron chi connectivity index (χ2n) is 3.67. The van der Waals surface area contributed by atoms with Crippen molar-refractivity contribution in [3.05, 3.63) is 0 Å². The van der Waals surface area contributed by atoms with Crippen LogP contribution in [0.25, 0.3) is 0 Å². The van der Waals surface area contributed by atoms with Crippen molar-refractivity contribution >= 4 is 11.9 Å². The summed E-state index contributed by atoms with van der Waals surface area (Å²) in [6.07, 6.45) is 0.243. The molecule has 0 aliphatic heterocycles. The summed E-state index contributed by atoms with van der Waals surface area (Å²) in [7, 11) is 1.32. The predicted molar refractivity (Wildman–Crippen MR) is 61.5 cm³/mol. The Morgan fingerprint density at radius 3 is 2.00 bits per heavy atom. The van der Waals surface area contributed by atoms with Gasteiger partial charge in [0.2, 0.25) is 0 Å². The highest BCUT2D eigenvalue weighted by molar-refractivity contribution is 5.69. The molecule has 0 aliphatic rings. The number of ether oxygens (including phenoxy) is 1. The zero-order valence-corrected chi connectivity index (χ0v) is 10.5. The van der Waals surface area contributed by atoms with E-state index in [9.17, 15) is 9.59 Å². The van der Waals surface area contributed by atoms with E-state index in [1.54, 1.807) is 0 Å². The van der Waals surface area contributed by atoms with Gasteiger partial charge in [0.05, 0.1) is 32.2 Å². The standard InChI is InChI=1S/C7H14O3.C4H8O3/c1-3-4-6(8)5-7(9)10-2;1-3(5)2-4(6)7/h6,8H,3-5H2,1-2H3;3,5H,2H2,1H3,(H,6,7). The van der Waals surface area contributed by atoms with Crippen LogP contribution in [0.15, 0.2) is 0 Å². The fraction of sp³-hybridized carbons (Fsp3) is 0.818. The number of hydrogen-bond donors (Lipinski definition) is 3. The molecular formula is C11H22O6. The monoisotopic (exact) mass is 250 g/mol. The first kappa shape index (κ1) is 18.2. The largest absolute Gasteiger partial charge is 0.481 e. The van der Waals surface area contributed by atoms with Gasteiger partial charge in [-0.1, -0.05) is 13.3 Å². The summed E-state index contributed by atoms with van der Waals surface area (Å²) in [6.45, 7) is 3.40. The molecule has 0 spiro atoms. The van der Waals surface area contributed by atoms with Crippen molar-refractivity contribution < 1.29 is 29.6 Å². The first-order valence-corrected chi connectivity index (χ1v) is 5.48. The minimum atomic E-state index is -0.963. The minimum absolute atomic E-state index is 0.115. The average molecular weight is 250 g/mol. The molecule has 0 saturated heterocycles. The van der Waals surface area contributed by atoms with E-state index in [1.807, 2.05) is 6.92 Å². The number of carbonyl (C=O) groups is 2. The third-order valence-corrected chi connectivity index (χ3v) is 1.72. The fourth-order valence-corrected chi connectivity index (χ4v) is 0.964. The SMILES string of the molecule is CC(O)CC(=O)O.CCCC(O)CC(=O)OC. The van der Waals surface area contributed by atoms with E-state index in [0.717, 1.165) is 6.42 Å². The van der Waals surface area contributed by atoms with Crippen molar-refractivity contribution in [2.75, 3.05) is 7.11 Å². The molecule has 6 nitrogen and oxygen atoms in total. The number of aliphatic carboxylic acids is 1. The van der Waals surface area contributed by atoms with E-state index >= 15 is 0 Å². The lowest BCUT2D eigenvalue weighted by Gasteiger charge is -2.05. The van der Waals surface area contributed by atoms with Gasteiger partial charge in [-0.05, 0) is 13.3 Å². The molecule has 0 bridgehead atoms. The van der Waals surface area contributed by atoms with Crippen molar-refractivity contribution in [3.63, 3.8) is 0 Å². The molecule has 2 unspecified atom stereocenters. The van der Waals surface area contributed by atoms with Crippen LogP contribution in [0.4, 0.5) is 0 Å². The molecule has 3 N–H and O–H groups in total. The van der Waals surface area contributed by atoms with Crippen LogP contribution < -0.4 is 0 Å². The van der Waals surface area contributed by atoms with E-state index in [-0.39, 0.29) is 18.8 Å². The van der Waals surface area contributed by atoms with Crippen LogP contribution in [0.2, 0.25) is 0 Å². The molecule has 102 valence electrons. The van der Waals surface area contributed by atoms with Crippen LogP contribution in [0.1, 0.15) is 39.5 Å². The van der Waals surface area contributed by atoms with Crippen molar-refractivity contribution in [1.29, 1.82) is 0 Å². The number of aliphatic hydroxyl groups is 2. The van der Waals surface area contributed by atoms with Crippen LogP contribution in [-0.4, -0.2) is 46.6 Å². The van der Waals surface area contributed by atoms with E-state index in [4.69, 9.17) is 15.3 Å². The minimum Gasteiger partial charge on any atom is -0.481 e. The molecule has 0 amide bonds. The highest BCUT2D eigenvalue weighted by Crippen LogP contribution is 2.01. The number of hydrogen-bond acceptors (Lipinski definition) is 5. The molecule has 0 aromatic heterocycles. The van der Waals surface area contributed by atoms with Gasteiger partial charge in [0.15, 0.2) is 0 Å². The number of carboxylic acid groups (broad SMARTS) is 1. The van der Waals surface area contributed by atoms with Crippen molar-refractivity contribution in [2.45, 2.75) is 51.7 Å². The Bertz CT molecular complexity index is 214. The summed E-state index contributed by atoms with van der Waals surface area (Å²) in [6, 6.07) is 0. The van der Waals surface area contributed by atoms with Gasteiger partial charge < -0.3 is 20.1 Å². The third-order valence-electron chi connectivity index (χ3n) is 1.72. The van der Waals surface area contributed by atoms with Gasteiger partial charge in [0.1, 0.15) is 0 Å². The number of rotatable bonds is 6. The summed E-state index contributed by atoms with van der Waals surface area (Å²) in [4.78, 5) is 20.2. The number of methoxy groups -OCH3 is 1. The van der Waals surface area contributed by atoms with Gasteiger partial charge in [0.25, 0.3) is 0 Å². The number of carbonyl (C=O) groups excluding carboxylic acids is 1. The zero-order valence-electron chi connectivity index (χ0n) is 10.5. The Hall–Kier alpha value is -1.14. The van der Waals surface area contributed by atoms with E-state index in [2.05, 4.69) is 4.74 Å². The zero-order chi connectivity index (χ0) is 13.8. The molecular weight excluding hydrogens is 228 g/mol. The first-order valence-electron chi connectivity index (χ1n) is 5.48. The molecule has 0 aromatic rings. The van der Waals surface area contributed by atoms with Crippen LogP contribution >= 0.6 is 0 Å². The Morgan fingerprint density at radius 2 is 1.76 bits per heavy atom. The first-order chi connectivity index (χ1) is 7.83. The van der Waals surface area contributed by atoms with Gasteiger partial charge in [-0.3, -0.25) is 9.59 Å². The summed E-state index contributed by atoms with van der Waals surface area (Å²) in [5.74, 6) is -1.31. The lowest BCUT2D eigenvalue weighted by molar-refractivity contribution is -0.143. The number of aliphatic hydroxyl groups excluding tert-OH is 2. The van der Waals surface area contributed by atoms with Crippen molar-refractivity contribution in [1.82, 2.24) is 0 Å². The van der Waals surface area contributed by atoms with Gasteiger partial charge >= 0.3 is 11.9 Å². The summed E-state index contributed by atoms with van der Waals surface area (Å²) < 4.78 is 4.37. The Balaban J connectivity index is 0. The lowest BCUT2D eigenvalue weighted by Crippen LogP contribution is -2.13. The molecule has 0 rings (SSSR count). The number of esters is 1. The highest BCUT2D eigenvalue weighted by Gasteiger charge is 2.08. The maximum Gasteiger partial charge on any atom is 0.308 e. The molecule has 0 aromatic carbocycles. The second kappa shape index (κ2) is 11.3. The smallest absolute Gasteiger partial charge is 0.308 e. The average Bonchev–Trinajstić information content (AvgIpc) is 2.16. The molecule has 0 saturated carbocycles. The summed E-state index contributed by atoms with van der Waals surface area (Å²) in [5.41, 5.74) is 0. The van der Waals surface area contributed by atoms with Gasteiger partial charge in [-0.25, -0.2) is 0 Å². The van der Waals surface area contributed by atoms with Crippen molar-refractivity contribution in [2.24, 2.45) is 0 Å². The molecule has 6 heteroatoms. The quantitative estimate of drug-likeness (QED) is 0.595. The fourth-order valence-electron chi connectivity index (χ4n) is 0.964. The Kier molecular flexibility index (Phi) is 12.2. The van der Waals surface area contributed by atoms with Crippen molar-refractivity contribution in [3.8, 4) is 0 Å². The molecule has 0 heterocycles. The second-order valence-corrected chi connectivity index (χ2v) is 3.67. The van der Waals surface area contributed by atoms with E-state index in [1.165, 1.54) is 14.0 Å². The maximum atomic E-state index is 10.5. The molecule has 0 fully saturated rings. The van der Waals surface area contributed by atoms with Crippen LogP contribution in [0.5, 0.6) is 0 Å². The van der Waals surface area contributed by atoms with E-state index < -0.39 is 18.2 Å². The van der Waals surface area contributed by atoms with Gasteiger partial charge in [-0.2, -0.15) is 0 Å². The van der Waals surface area contributed by atoms with E-state index in [0.29, 0.717) is 6.42 Å². The Labute approximate surface area is 101 Å². The number of carboxylic acids is 1. The third kappa shape index (κ3) is 17.5. The van der Waals surface area contributed by atoms with Crippen LogP contribution in [0.3, 0.4) is 0 Å². The highest BCUT2D eigenvalue weighted by atomic mass is 16.5. The summed E-state index contributed by atoms with van der Waals surface area (Å²) in [5, 5.41) is 25.3. The van der Waals surface area contributed by atoms with Gasteiger partial charge in [-0.15, -0.1) is 0 Å². The molecule has 0 aliphatic carbocycles. The maximum absolute atomic E-state index is 10.5.